The van der Waals surface area contributed by atoms with Crippen molar-refractivity contribution in [3.8, 4) is 0 Å². The van der Waals surface area contributed by atoms with Crippen LogP contribution in [0.3, 0.4) is 0 Å². The predicted octanol–water partition coefficient (Wildman–Crippen LogP) is 3.88. The molecule has 3 N–H and O–H groups in total. The largest absolute Gasteiger partial charge is 0.370 e. The summed E-state index contributed by atoms with van der Waals surface area (Å²) in [4.78, 5) is 35.5. The summed E-state index contributed by atoms with van der Waals surface area (Å²) in [5.41, 5.74) is 3.07. The number of amides is 2. The van der Waals surface area contributed by atoms with E-state index in [9.17, 15) is 9.59 Å². The molecule has 1 unspecified atom stereocenters. The van der Waals surface area contributed by atoms with Crippen molar-refractivity contribution in [2.24, 2.45) is 5.92 Å². The number of anilines is 2. The summed E-state index contributed by atoms with van der Waals surface area (Å²) in [5.74, 6) is -0.158. The number of hydrogen-bond acceptors (Lipinski definition) is 4. The van der Waals surface area contributed by atoms with Crippen LogP contribution in [0.15, 0.2) is 48.8 Å². The minimum Gasteiger partial charge on any atom is -0.370 e. The SMILES string of the molecule is CC(C)C(=O)NC(Cc1c[nH]c2ccccc12)C(=O)Nc1ccc(N2CCCCC2)cn1. The van der Waals surface area contributed by atoms with Crippen LogP contribution < -0.4 is 15.5 Å². The van der Waals surface area contributed by atoms with Crippen LogP contribution >= 0.6 is 0 Å². The number of benzene rings is 1. The second kappa shape index (κ2) is 9.85. The number of carbonyl (C=O) groups excluding carboxylic acids is 2. The van der Waals surface area contributed by atoms with Gasteiger partial charge in [0.25, 0.3) is 0 Å². The molecule has 0 radical (unpaired) electrons. The first kappa shape index (κ1) is 21.9. The number of para-hydroxylation sites is 1. The molecule has 0 saturated carbocycles. The van der Waals surface area contributed by atoms with Crippen molar-refractivity contribution >= 4 is 34.2 Å². The van der Waals surface area contributed by atoms with Gasteiger partial charge >= 0.3 is 0 Å². The Kier molecular flexibility index (Phi) is 6.73. The highest BCUT2D eigenvalue weighted by atomic mass is 16.2. The summed E-state index contributed by atoms with van der Waals surface area (Å²) in [5, 5.41) is 6.83. The Morgan fingerprint density at radius 2 is 1.84 bits per heavy atom. The maximum atomic E-state index is 13.1. The standard InChI is InChI=1S/C25H31N5O2/c1-17(2)24(31)28-22(14-18-15-26-21-9-5-4-8-20(18)21)25(32)29-23-11-10-19(16-27-23)30-12-6-3-7-13-30/h4-5,8-11,15-17,22,26H,3,6-7,12-14H2,1-2H3,(H,28,31)(H,27,29,32). The first-order valence-electron chi connectivity index (χ1n) is 11.4. The molecule has 7 heteroatoms. The minimum absolute atomic E-state index is 0.154. The number of carbonyl (C=O) groups is 2. The number of H-pyrrole nitrogens is 1. The number of hydrogen-bond donors (Lipinski definition) is 3. The van der Waals surface area contributed by atoms with Crippen molar-refractivity contribution in [1.82, 2.24) is 15.3 Å². The molecule has 0 aliphatic carbocycles. The predicted molar refractivity (Wildman–Crippen MR) is 128 cm³/mol. The molecule has 3 heterocycles. The molecule has 0 spiro atoms. The molecule has 1 saturated heterocycles. The van der Waals surface area contributed by atoms with Crippen LogP contribution in [-0.4, -0.2) is 40.9 Å². The van der Waals surface area contributed by atoms with E-state index in [2.05, 4.69) is 25.5 Å². The van der Waals surface area contributed by atoms with Gasteiger partial charge in [-0.2, -0.15) is 0 Å². The Labute approximate surface area is 188 Å². The molecule has 2 aromatic heterocycles. The van der Waals surface area contributed by atoms with Gasteiger partial charge in [0.1, 0.15) is 11.9 Å². The van der Waals surface area contributed by atoms with Crippen LogP contribution in [0.4, 0.5) is 11.5 Å². The van der Waals surface area contributed by atoms with Gasteiger partial charge in [-0.1, -0.05) is 32.0 Å². The third kappa shape index (κ3) is 5.10. The zero-order valence-electron chi connectivity index (χ0n) is 18.7. The van der Waals surface area contributed by atoms with Crippen LogP contribution in [0.25, 0.3) is 10.9 Å². The fourth-order valence-corrected chi connectivity index (χ4v) is 4.08. The molecule has 0 bridgehead atoms. The molecule has 1 fully saturated rings. The topological polar surface area (TPSA) is 90.1 Å². The fourth-order valence-electron chi connectivity index (χ4n) is 4.08. The van der Waals surface area contributed by atoms with Crippen molar-refractivity contribution in [2.45, 2.75) is 45.6 Å². The number of aromatic nitrogens is 2. The van der Waals surface area contributed by atoms with E-state index < -0.39 is 6.04 Å². The van der Waals surface area contributed by atoms with Gasteiger partial charge in [-0.15, -0.1) is 0 Å². The number of aromatic amines is 1. The number of fused-ring (bicyclic) bond motifs is 1. The second-order valence-corrected chi connectivity index (χ2v) is 8.72. The van der Waals surface area contributed by atoms with Gasteiger partial charge in [-0.25, -0.2) is 4.98 Å². The van der Waals surface area contributed by atoms with Gasteiger partial charge in [0.2, 0.25) is 11.8 Å². The van der Waals surface area contributed by atoms with Crippen molar-refractivity contribution in [3.63, 3.8) is 0 Å². The van der Waals surface area contributed by atoms with Gasteiger partial charge in [0.15, 0.2) is 0 Å². The van der Waals surface area contributed by atoms with Crippen LogP contribution in [0, 0.1) is 5.92 Å². The molecule has 3 aromatic rings. The summed E-state index contributed by atoms with van der Waals surface area (Å²) < 4.78 is 0. The highest BCUT2D eigenvalue weighted by Gasteiger charge is 2.24. The van der Waals surface area contributed by atoms with E-state index in [1.54, 1.807) is 0 Å². The molecule has 168 valence electrons. The quantitative estimate of drug-likeness (QED) is 0.528. The summed E-state index contributed by atoms with van der Waals surface area (Å²) in [6, 6.07) is 11.1. The van der Waals surface area contributed by atoms with E-state index in [0.29, 0.717) is 12.2 Å². The van der Waals surface area contributed by atoms with Crippen LogP contribution in [0.5, 0.6) is 0 Å². The molecule has 1 atom stereocenters. The average molecular weight is 434 g/mol. The van der Waals surface area contributed by atoms with Crippen LogP contribution in [0.1, 0.15) is 38.7 Å². The third-order valence-corrected chi connectivity index (χ3v) is 5.98. The molecule has 1 aliphatic heterocycles. The maximum absolute atomic E-state index is 13.1. The van der Waals surface area contributed by atoms with Crippen LogP contribution in [-0.2, 0) is 16.0 Å². The van der Waals surface area contributed by atoms with Gasteiger partial charge < -0.3 is 20.5 Å². The lowest BCUT2D eigenvalue weighted by Crippen LogP contribution is -2.46. The molecule has 1 aliphatic rings. The van der Waals surface area contributed by atoms with Crippen molar-refractivity contribution in [3.05, 3.63) is 54.4 Å². The van der Waals surface area contributed by atoms with Gasteiger partial charge in [-0.3, -0.25) is 9.59 Å². The smallest absolute Gasteiger partial charge is 0.248 e. The van der Waals surface area contributed by atoms with E-state index in [0.717, 1.165) is 35.2 Å². The minimum atomic E-state index is -0.701. The van der Waals surface area contributed by atoms with Gasteiger partial charge in [-0.05, 0) is 43.0 Å². The van der Waals surface area contributed by atoms with E-state index in [1.165, 1.54) is 19.3 Å². The van der Waals surface area contributed by atoms with E-state index in [-0.39, 0.29) is 17.7 Å². The van der Waals surface area contributed by atoms with E-state index >= 15 is 0 Å². The Morgan fingerprint density at radius 3 is 2.56 bits per heavy atom. The summed E-state index contributed by atoms with van der Waals surface area (Å²) >= 11 is 0. The molecule has 4 rings (SSSR count). The lowest BCUT2D eigenvalue weighted by Gasteiger charge is -2.28. The maximum Gasteiger partial charge on any atom is 0.248 e. The summed E-state index contributed by atoms with van der Waals surface area (Å²) in [7, 11) is 0. The highest BCUT2D eigenvalue weighted by Crippen LogP contribution is 2.21. The number of nitrogens with one attached hydrogen (secondary N) is 3. The lowest BCUT2D eigenvalue weighted by molar-refractivity contribution is -0.128. The molecule has 2 amide bonds. The normalized spacial score (nSPS) is 15.0. The van der Waals surface area contributed by atoms with Crippen molar-refractivity contribution in [1.29, 1.82) is 0 Å². The molecule has 32 heavy (non-hydrogen) atoms. The Morgan fingerprint density at radius 1 is 1.06 bits per heavy atom. The number of nitrogens with zero attached hydrogens (tertiary/aromatic N) is 2. The first-order valence-corrected chi connectivity index (χ1v) is 11.4. The average Bonchev–Trinajstić information content (AvgIpc) is 3.22. The monoisotopic (exact) mass is 433 g/mol. The molecular weight excluding hydrogens is 402 g/mol. The van der Waals surface area contributed by atoms with Crippen molar-refractivity contribution in [2.75, 3.05) is 23.3 Å². The van der Waals surface area contributed by atoms with Gasteiger partial charge in [0, 0.05) is 42.5 Å². The van der Waals surface area contributed by atoms with Gasteiger partial charge in [0.05, 0.1) is 11.9 Å². The molecular formula is C25H31N5O2. The highest BCUT2D eigenvalue weighted by molar-refractivity contribution is 5.97. The lowest BCUT2D eigenvalue weighted by atomic mass is 10.0. The second-order valence-electron chi connectivity index (χ2n) is 8.72. The fraction of sp³-hybridized carbons (Fsp3) is 0.400. The Bertz CT molecular complexity index is 1070. The Hall–Kier alpha value is -3.35. The first-order chi connectivity index (χ1) is 15.5. The molecule has 1 aromatic carbocycles. The summed E-state index contributed by atoms with van der Waals surface area (Å²) in [6.45, 7) is 5.72. The number of pyridine rings is 1. The van der Waals surface area contributed by atoms with Crippen LogP contribution in [0.2, 0.25) is 0 Å². The zero-order valence-corrected chi connectivity index (χ0v) is 18.7. The van der Waals surface area contributed by atoms with E-state index in [4.69, 9.17) is 0 Å². The Balaban J connectivity index is 1.48. The molecule has 7 nitrogen and oxygen atoms in total. The van der Waals surface area contributed by atoms with E-state index in [1.807, 2.05) is 62.6 Å². The third-order valence-electron chi connectivity index (χ3n) is 5.98. The number of rotatable bonds is 7. The summed E-state index contributed by atoms with van der Waals surface area (Å²) in [6.07, 6.45) is 7.77. The van der Waals surface area contributed by atoms with Crippen molar-refractivity contribution < 1.29 is 9.59 Å². The number of piperidine rings is 1. The zero-order chi connectivity index (χ0) is 22.5.